The van der Waals surface area contributed by atoms with Crippen LogP contribution in [-0.2, 0) is 0 Å². The number of benzene rings is 1. The van der Waals surface area contributed by atoms with Crippen LogP contribution in [0.4, 0.5) is 0 Å². The highest BCUT2D eigenvalue weighted by molar-refractivity contribution is 7.13. The maximum Gasteiger partial charge on any atom is 0.253 e. The lowest BCUT2D eigenvalue weighted by molar-refractivity contribution is 0.0927. The van der Waals surface area contributed by atoms with Crippen molar-refractivity contribution in [1.29, 1.82) is 0 Å². The molecule has 4 rings (SSSR count). The van der Waals surface area contributed by atoms with Crippen molar-refractivity contribution in [3.8, 4) is 27.7 Å². The third-order valence-electron chi connectivity index (χ3n) is 6.10. The Morgan fingerprint density at radius 2 is 1.90 bits per heavy atom. The minimum Gasteiger partial charge on any atom is -0.497 e. The summed E-state index contributed by atoms with van der Waals surface area (Å²) in [6.07, 6.45) is 5.85. The number of hydrogen-bond acceptors (Lipinski definition) is 4. The van der Waals surface area contributed by atoms with Crippen LogP contribution in [0.3, 0.4) is 0 Å². The second kappa shape index (κ2) is 9.27. The van der Waals surface area contributed by atoms with Crippen LogP contribution in [0.2, 0.25) is 0 Å². The van der Waals surface area contributed by atoms with Crippen LogP contribution in [0.25, 0.3) is 22.0 Å². The minimum absolute atomic E-state index is 0.0376. The van der Waals surface area contributed by atoms with Gasteiger partial charge in [-0.05, 0) is 63.9 Å². The molecule has 5 nitrogen and oxygen atoms in total. The standard InChI is InChI=1S/C25H31N3O2S/c1-16(2)28-17(3)21(24(29)26-19-8-6-5-7-9-19)14-23(28)22-15-31-25(27-22)18-10-12-20(30-4)13-11-18/h10-16,19H,5-9H2,1-4H3,(H,26,29). The van der Waals surface area contributed by atoms with Crippen LogP contribution in [0.15, 0.2) is 35.7 Å². The molecule has 0 spiro atoms. The number of aromatic nitrogens is 2. The van der Waals surface area contributed by atoms with Crippen molar-refractivity contribution >= 4 is 17.2 Å². The zero-order valence-corrected chi connectivity index (χ0v) is 19.6. The summed E-state index contributed by atoms with van der Waals surface area (Å²) in [5, 5.41) is 6.30. The first-order chi connectivity index (χ1) is 15.0. The highest BCUT2D eigenvalue weighted by Crippen LogP contribution is 2.34. The molecule has 3 aromatic rings. The maximum atomic E-state index is 13.1. The predicted molar refractivity (Wildman–Crippen MR) is 127 cm³/mol. The van der Waals surface area contributed by atoms with Gasteiger partial charge >= 0.3 is 0 Å². The Hall–Kier alpha value is -2.60. The van der Waals surface area contributed by atoms with Gasteiger partial charge in [0.05, 0.1) is 24.1 Å². The number of carbonyl (C=O) groups is 1. The molecule has 1 aliphatic carbocycles. The molecule has 31 heavy (non-hydrogen) atoms. The van der Waals surface area contributed by atoms with Gasteiger partial charge in [0.1, 0.15) is 10.8 Å². The summed E-state index contributed by atoms with van der Waals surface area (Å²) in [5.74, 6) is 0.870. The van der Waals surface area contributed by atoms with Gasteiger partial charge in [-0.15, -0.1) is 11.3 Å². The molecule has 0 aliphatic heterocycles. The quantitative estimate of drug-likeness (QED) is 0.497. The number of rotatable bonds is 6. The van der Waals surface area contributed by atoms with E-state index in [0.717, 1.165) is 51.8 Å². The van der Waals surface area contributed by atoms with Crippen molar-refractivity contribution < 1.29 is 9.53 Å². The van der Waals surface area contributed by atoms with Crippen LogP contribution in [0, 0.1) is 6.92 Å². The van der Waals surface area contributed by atoms with E-state index in [1.807, 2.05) is 37.3 Å². The smallest absolute Gasteiger partial charge is 0.253 e. The summed E-state index contributed by atoms with van der Waals surface area (Å²) in [4.78, 5) is 18.0. The van der Waals surface area contributed by atoms with E-state index in [1.165, 1.54) is 19.3 Å². The first kappa shape index (κ1) is 21.6. The van der Waals surface area contributed by atoms with Crippen LogP contribution in [-0.4, -0.2) is 28.6 Å². The van der Waals surface area contributed by atoms with E-state index in [1.54, 1.807) is 18.4 Å². The van der Waals surface area contributed by atoms with Gasteiger partial charge in [0, 0.05) is 28.7 Å². The fraction of sp³-hybridized carbons (Fsp3) is 0.440. The van der Waals surface area contributed by atoms with E-state index < -0.39 is 0 Å². The Bertz CT molecular complexity index is 1040. The molecule has 1 saturated carbocycles. The monoisotopic (exact) mass is 437 g/mol. The van der Waals surface area contributed by atoms with Crippen molar-refractivity contribution in [1.82, 2.24) is 14.9 Å². The van der Waals surface area contributed by atoms with Crippen molar-refractivity contribution in [2.75, 3.05) is 7.11 Å². The molecular formula is C25H31N3O2S. The van der Waals surface area contributed by atoms with Gasteiger partial charge < -0.3 is 14.6 Å². The molecule has 1 N–H and O–H groups in total. The largest absolute Gasteiger partial charge is 0.497 e. The molecule has 1 aromatic carbocycles. The predicted octanol–water partition coefficient (Wildman–Crippen LogP) is 6.24. The van der Waals surface area contributed by atoms with Crippen LogP contribution >= 0.6 is 11.3 Å². The number of amides is 1. The molecule has 164 valence electrons. The Kier molecular flexibility index (Phi) is 6.46. The molecule has 6 heteroatoms. The first-order valence-corrected chi connectivity index (χ1v) is 12.0. The van der Waals surface area contributed by atoms with Gasteiger partial charge in [-0.1, -0.05) is 19.3 Å². The Labute approximate surface area is 188 Å². The zero-order valence-electron chi connectivity index (χ0n) is 18.8. The highest BCUT2D eigenvalue weighted by Gasteiger charge is 2.24. The number of methoxy groups -OCH3 is 1. The van der Waals surface area contributed by atoms with E-state index in [0.29, 0.717) is 6.04 Å². The SMILES string of the molecule is COc1ccc(-c2nc(-c3cc(C(=O)NC4CCCCC4)c(C)n3C(C)C)cs2)cc1. The summed E-state index contributed by atoms with van der Waals surface area (Å²) >= 11 is 1.62. The molecule has 1 amide bonds. The molecule has 0 saturated heterocycles. The van der Waals surface area contributed by atoms with Crippen LogP contribution in [0.1, 0.15) is 68.0 Å². The Balaban J connectivity index is 1.64. The molecule has 0 atom stereocenters. The maximum absolute atomic E-state index is 13.1. The summed E-state index contributed by atoms with van der Waals surface area (Å²) < 4.78 is 7.48. The number of nitrogens with zero attached hydrogens (tertiary/aromatic N) is 2. The second-order valence-electron chi connectivity index (χ2n) is 8.57. The lowest BCUT2D eigenvalue weighted by atomic mass is 9.95. The molecule has 1 fully saturated rings. The molecule has 0 unspecified atom stereocenters. The molecule has 2 aromatic heterocycles. The number of thiazole rings is 1. The summed E-state index contributed by atoms with van der Waals surface area (Å²) in [7, 11) is 1.67. The molecular weight excluding hydrogens is 406 g/mol. The molecule has 1 aliphatic rings. The van der Waals surface area contributed by atoms with Crippen molar-refractivity contribution in [3.63, 3.8) is 0 Å². The van der Waals surface area contributed by atoms with Gasteiger partial charge in [0.15, 0.2) is 0 Å². The second-order valence-corrected chi connectivity index (χ2v) is 9.43. The molecule has 0 bridgehead atoms. The van der Waals surface area contributed by atoms with Crippen molar-refractivity contribution in [3.05, 3.63) is 47.0 Å². The Morgan fingerprint density at radius 3 is 2.55 bits per heavy atom. The van der Waals surface area contributed by atoms with E-state index in [4.69, 9.17) is 9.72 Å². The molecule has 0 radical (unpaired) electrons. The number of nitrogens with one attached hydrogen (secondary N) is 1. The normalized spacial score (nSPS) is 14.7. The van der Waals surface area contributed by atoms with Gasteiger partial charge in [0.25, 0.3) is 5.91 Å². The van der Waals surface area contributed by atoms with Crippen LogP contribution in [0.5, 0.6) is 5.75 Å². The van der Waals surface area contributed by atoms with Gasteiger partial charge in [-0.3, -0.25) is 4.79 Å². The highest BCUT2D eigenvalue weighted by atomic mass is 32.1. The third kappa shape index (κ3) is 4.54. The lowest BCUT2D eigenvalue weighted by Crippen LogP contribution is -2.36. The van der Waals surface area contributed by atoms with Gasteiger partial charge in [-0.2, -0.15) is 0 Å². The summed E-state index contributed by atoms with van der Waals surface area (Å²) in [6, 6.07) is 10.5. The van der Waals surface area contributed by atoms with Gasteiger partial charge in [-0.25, -0.2) is 4.98 Å². The van der Waals surface area contributed by atoms with E-state index >= 15 is 0 Å². The zero-order chi connectivity index (χ0) is 22.0. The lowest BCUT2D eigenvalue weighted by Gasteiger charge is -2.22. The summed E-state index contributed by atoms with van der Waals surface area (Å²) in [5.41, 5.74) is 4.72. The molecule has 2 heterocycles. The number of ether oxygens (including phenoxy) is 1. The number of carbonyl (C=O) groups excluding carboxylic acids is 1. The average molecular weight is 438 g/mol. The third-order valence-corrected chi connectivity index (χ3v) is 6.99. The number of hydrogen-bond donors (Lipinski definition) is 1. The summed E-state index contributed by atoms with van der Waals surface area (Å²) in [6.45, 7) is 6.34. The fourth-order valence-electron chi connectivity index (χ4n) is 4.48. The average Bonchev–Trinajstić information content (AvgIpc) is 3.39. The first-order valence-electron chi connectivity index (χ1n) is 11.1. The van der Waals surface area contributed by atoms with Gasteiger partial charge in [0.2, 0.25) is 0 Å². The minimum atomic E-state index is 0.0376. The van der Waals surface area contributed by atoms with Crippen LogP contribution < -0.4 is 10.1 Å². The topological polar surface area (TPSA) is 56.1 Å². The van der Waals surface area contributed by atoms with Crippen molar-refractivity contribution in [2.45, 2.75) is 65.0 Å². The van der Waals surface area contributed by atoms with E-state index in [2.05, 4.69) is 29.1 Å². The Morgan fingerprint density at radius 1 is 1.19 bits per heavy atom. The van der Waals surface area contributed by atoms with E-state index in [-0.39, 0.29) is 11.9 Å². The van der Waals surface area contributed by atoms with E-state index in [9.17, 15) is 4.79 Å². The van der Waals surface area contributed by atoms with Crippen molar-refractivity contribution in [2.24, 2.45) is 0 Å². The fourth-order valence-corrected chi connectivity index (χ4v) is 5.30.